The van der Waals surface area contributed by atoms with Gasteiger partial charge >= 0.3 is 6.03 Å². The first kappa shape index (κ1) is 15.5. The topological polar surface area (TPSA) is 104 Å². The Hall–Kier alpha value is -2.52. The number of carbonyl (C=O) groups is 2. The van der Waals surface area contributed by atoms with Crippen LogP contribution in [0.4, 0.5) is 4.79 Å². The first-order valence-electron chi connectivity index (χ1n) is 6.15. The van der Waals surface area contributed by atoms with E-state index in [0.717, 1.165) is 5.56 Å². The van der Waals surface area contributed by atoms with Crippen molar-refractivity contribution in [3.05, 3.63) is 35.4 Å². The average Bonchev–Trinajstić information content (AvgIpc) is 2.44. The summed E-state index contributed by atoms with van der Waals surface area (Å²) in [5, 5.41) is 13.6. The number of carbonyl (C=O) groups excluding carboxylic acids is 2. The second-order valence-electron chi connectivity index (χ2n) is 3.90. The van der Waals surface area contributed by atoms with Crippen molar-refractivity contribution in [2.45, 2.75) is 6.42 Å². The van der Waals surface area contributed by atoms with Crippen LogP contribution in [0.15, 0.2) is 24.3 Å². The molecule has 3 amide bonds. The molecule has 0 atom stereocenters. The van der Waals surface area contributed by atoms with Crippen LogP contribution >= 0.6 is 0 Å². The van der Waals surface area contributed by atoms with Crippen LogP contribution in [0.2, 0.25) is 0 Å². The zero-order chi connectivity index (χ0) is 14.8. The summed E-state index contributed by atoms with van der Waals surface area (Å²) in [6, 6.07) is 6.19. The largest absolute Gasteiger partial charge is 0.395 e. The van der Waals surface area contributed by atoms with Gasteiger partial charge in [0, 0.05) is 30.6 Å². The van der Waals surface area contributed by atoms with E-state index >= 15 is 0 Å². The minimum atomic E-state index is -0.620. The van der Waals surface area contributed by atoms with Gasteiger partial charge in [-0.25, -0.2) is 4.79 Å². The van der Waals surface area contributed by atoms with Crippen LogP contribution in [0.25, 0.3) is 0 Å². The summed E-state index contributed by atoms with van der Waals surface area (Å²) in [4.78, 5) is 22.2. The number of amides is 3. The van der Waals surface area contributed by atoms with E-state index in [2.05, 4.69) is 22.5 Å². The lowest BCUT2D eigenvalue weighted by atomic mass is 10.1. The van der Waals surface area contributed by atoms with Crippen LogP contribution in [0.1, 0.15) is 22.3 Å². The highest BCUT2D eigenvalue weighted by Gasteiger charge is 2.04. The van der Waals surface area contributed by atoms with Crippen LogP contribution in [0.3, 0.4) is 0 Å². The van der Waals surface area contributed by atoms with E-state index in [-0.39, 0.29) is 19.1 Å². The van der Waals surface area contributed by atoms with Gasteiger partial charge in [0.25, 0.3) is 5.91 Å². The third kappa shape index (κ3) is 5.89. The summed E-state index contributed by atoms with van der Waals surface area (Å²) in [5.41, 5.74) is 6.19. The highest BCUT2D eigenvalue weighted by atomic mass is 16.2. The van der Waals surface area contributed by atoms with Crippen molar-refractivity contribution < 1.29 is 14.7 Å². The average molecular weight is 275 g/mol. The van der Waals surface area contributed by atoms with Gasteiger partial charge in [0.1, 0.15) is 0 Å². The first-order valence-corrected chi connectivity index (χ1v) is 6.15. The second kappa shape index (κ2) is 8.56. The number of nitrogens with two attached hydrogens (primary N) is 1. The van der Waals surface area contributed by atoms with Crippen LogP contribution in [-0.2, 0) is 0 Å². The van der Waals surface area contributed by atoms with Crippen molar-refractivity contribution >= 4 is 11.9 Å². The van der Waals surface area contributed by atoms with Gasteiger partial charge in [0.15, 0.2) is 0 Å². The molecule has 6 heteroatoms. The van der Waals surface area contributed by atoms with Crippen LogP contribution in [0, 0.1) is 11.8 Å². The Morgan fingerprint density at radius 1 is 1.15 bits per heavy atom. The van der Waals surface area contributed by atoms with Crippen molar-refractivity contribution in [2.75, 3.05) is 19.7 Å². The van der Waals surface area contributed by atoms with E-state index in [4.69, 9.17) is 10.8 Å². The van der Waals surface area contributed by atoms with Crippen molar-refractivity contribution in [1.82, 2.24) is 10.6 Å². The first-order chi connectivity index (χ1) is 9.63. The Morgan fingerprint density at radius 3 is 2.40 bits per heavy atom. The van der Waals surface area contributed by atoms with Gasteiger partial charge in [-0.15, -0.1) is 0 Å². The third-order valence-corrected chi connectivity index (χ3v) is 2.33. The Balaban J connectivity index is 2.45. The van der Waals surface area contributed by atoms with Gasteiger partial charge in [0.2, 0.25) is 0 Å². The molecule has 106 valence electrons. The number of benzene rings is 1. The molecule has 20 heavy (non-hydrogen) atoms. The standard InChI is InChI=1S/C14H17N3O3/c15-14(20)17-9-8-16-13(19)12-6-4-11(5-7-12)3-1-2-10-18/h4-7,18H,2,8-10H2,(H,16,19)(H3,15,17,20). The maximum absolute atomic E-state index is 11.7. The molecule has 1 aromatic rings. The van der Waals surface area contributed by atoms with Crippen LogP contribution < -0.4 is 16.4 Å². The Bertz CT molecular complexity index is 515. The lowest BCUT2D eigenvalue weighted by molar-refractivity contribution is 0.0954. The predicted octanol–water partition coefficient (Wildman–Crippen LogP) is -0.181. The summed E-state index contributed by atoms with van der Waals surface area (Å²) in [5.74, 6) is 5.44. The third-order valence-electron chi connectivity index (χ3n) is 2.33. The van der Waals surface area contributed by atoms with Gasteiger partial charge in [-0.3, -0.25) is 4.79 Å². The maximum Gasteiger partial charge on any atom is 0.312 e. The number of aliphatic hydroxyl groups is 1. The highest BCUT2D eigenvalue weighted by Crippen LogP contribution is 2.03. The van der Waals surface area contributed by atoms with Gasteiger partial charge < -0.3 is 21.5 Å². The molecule has 0 bridgehead atoms. The van der Waals surface area contributed by atoms with Gasteiger partial charge in [-0.2, -0.15) is 0 Å². The smallest absolute Gasteiger partial charge is 0.312 e. The predicted molar refractivity (Wildman–Crippen MR) is 74.9 cm³/mol. The minimum Gasteiger partial charge on any atom is -0.395 e. The van der Waals surface area contributed by atoms with E-state index in [0.29, 0.717) is 18.5 Å². The van der Waals surface area contributed by atoms with Gasteiger partial charge in [0.05, 0.1) is 6.61 Å². The Labute approximate surface area is 117 Å². The molecule has 0 fully saturated rings. The number of aliphatic hydroxyl groups excluding tert-OH is 1. The monoisotopic (exact) mass is 275 g/mol. The molecule has 5 N–H and O–H groups in total. The second-order valence-corrected chi connectivity index (χ2v) is 3.90. The SMILES string of the molecule is NC(=O)NCCNC(=O)c1ccc(C#CCCO)cc1. The number of urea groups is 1. The van der Waals surface area contributed by atoms with Crippen molar-refractivity contribution in [1.29, 1.82) is 0 Å². The molecular formula is C14H17N3O3. The van der Waals surface area contributed by atoms with Crippen molar-refractivity contribution in [2.24, 2.45) is 5.73 Å². The molecule has 0 radical (unpaired) electrons. The van der Waals surface area contributed by atoms with E-state index in [1.54, 1.807) is 24.3 Å². The van der Waals surface area contributed by atoms with E-state index in [1.807, 2.05) is 0 Å². The molecule has 1 aromatic carbocycles. The molecule has 0 heterocycles. The molecule has 0 aromatic heterocycles. The molecule has 0 saturated carbocycles. The molecule has 0 saturated heterocycles. The Kier molecular flexibility index (Phi) is 6.65. The zero-order valence-electron chi connectivity index (χ0n) is 11.0. The highest BCUT2D eigenvalue weighted by molar-refractivity contribution is 5.94. The molecule has 0 spiro atoms. The summed E-state index contributed by atoms with van der Waals surface area (Å²) in [7, 11) is 0. The van der Waals surface area contributed by atoms with Crippen LogP contribution in [-0.4, -0.2) is 36.7 Å². The fourth-order valence-electron chi connectivity index (χ4n) is 1.39. The van der Waals surface area contributed by atoms with Crippen molar-refractivity contribution in [3.8, 4) is 11.8 Å². The van der Waals surface area contributed by atoms with E-state index in [9.17, 15) is 9.59 Å². The van der Waals surface area contributed by atoms with E-state index in [1.165, 1.54) is 0 Å². The van der Waals surface area contributed by atoms with Crippen molar-refractivity contribution in [3.63, 3.8) is 0 Å². The maximum atomic E-state index is 11.7. The fourth-order valence-corrected chi connectivity index (χ4v) is 1.39. The summed E-state index contributed by atoms with van der Waals surface area (Å²) in [6.45, 7) is 0.623. The molecule has 6 nitrogen and oxygen atoms in total. The van der Waals surface area contributed by atoms with E-state index < -0.39 is 6.03 Å². The minimum absolute atomic E-state index is 0.0346. The number of rotatable bonds is 5. The number of hydrogen-bond acceptors (Lipinski definition) is 3. The lowest BCUT2D eigenvalue weighted by Crippen LogP contribution is -2.37. The lowest BCUT2D eigenvalue weighted by Gasteiger charge is -2.05. The molecule has 0 aliphatic carbocycles. The van der Waals surface area contributed by atoms with Crippen LogP contribution in [0.5, 0.6) is 0 Å². The number of hydrogen-bond donors (Lipinski definition) is 4. The number of primary amides is 1. The molecule has 0 aliphatic rings. The molecule has 1 rings (SSSR count). The summed E-state index contributed by atoms with van der Waals surface area (Å²) in [6.07, 6.45) is 0.426. The summed E-state index contributed by atoms with van der Waals surface area (Å²) >= 11 is 0. The van der Waals surface area contributed by atoms with Gasteiger partial charge in [-0.05, 0) is 24.3 Å². The number of nitrogens with one attached hydrogen (secondary N) is 2. The summed E-state index contributed by atoms with van der Waals surface area (Å²) < 4.78 is 0. The molecular weight excluding hydrogens is 258 g/mol. The quantitative estimate of drug-likeness (QED) is 0.442. The molecule has 0 aliphatic heterocycles. The zero-order valence-corrected chi connectivity index (χ0v) is 11.0. The normalized spacial score (nSPS) is 9.25. The fraction of sp³-hybridized carbons (Fsp3) is 0.286. The van der Waals surface area contributed by atoms with Gasteiger partial charge in [-0.1, -0.05) is 11.8 Å². The molecule has 0 unspecified atom stereocenters. The Morgan fingerprint density at radius 2 is 1.80 bits per heavy atom.